The SMILES string of the molecule is Clc1ccc(Cl)c(Sc2cc(Br)nc(C3CC3)n2)c1. The fraction of sp³-hybridized carbons (Fsp3) is 0.231. The summed E-state index contributed by atoms with van der Waals surface area (Å²) in [5, 5.41) is 2.23. The fourth-order valence-corrected chi connectivity index (χ4v) is 3.56. The van der Waals surface area contributed by atoms with Crippen LogP contribution in [0, 0.1) is 0 Å². The predicted molar refractivity (Wildman–Crippen MR) is 82.3 cm³/mol. The average Bonchev–Trinajstić information content (AvgIpc) is 3.17. The van der Waals surface area contributed by atoms with E-state index in [1.807, 2.05) is 12.1 Å². The van der Waals surface area contributed by atoms with Crippen molar-refractivity contribution in [3.63, 3.8) is 0 Å². The molecule has 98 valence electrons. The summed E-state index contributed by atoms with van der Waals surface area (Å²) >= 11 is 17.1. The van der Waals surface area contributed by atoms with Crippen LogP contribution in [0.2, 0.25) is 10.0 Å². The lowest BCUT2D eigenvalue weighted by molar-refractivity contribution is 0.866. The molecule has 0 aliphatic heterocycles. The molecule has 0 N–H and O–H groups in total. The van der Waals surface area contributed by atoms with Gasteiger partial charge in [0, 0.05) is 21.9 Å². The van der Waals surface area contributed by atoms with Gasteiger partial charge in [0.1, 0.15) is 15.5 Å². The van der Waals surface area contributed by atoms with E-state index in [4.69, 9.17) is 23.2 Å². The summed E-state index contributed by atoms with van der Waals surface area (Å²) in [7, 11) is 0. The van der Waals surface area contributed by atoms with Crippen LogP contribution in [0.4, 0.5) is 0 Å². The Morgan fingerprint density at radius 2 is 1.95 bits per heavy atom. The van der Waals surface area contributed by atoms with Crippen LogP contribution in [0.1, 0.15) is 24.6 Å². The summed E-state index contributed by atoms with van der Waals surface area (Å²) in [6.07, 6.45) is 2.36. The van der Waals surface area contributed by atoms with Gasteiger partial charge in [-0.3, -0.25) is 0 Å². The van der Waals surface area contributed by atoms with Crippen LogP contribution in [-0.4, -0.2) is 9.97 Å². The fourth-order valence-electron chi connectivity index (χ4n) is 1.66. The van der Waals surface area contributed by atoms with Crippen molar-refractivity contribution in [1.82, 2.24) is 9.97 Å². The number of nitrogens with zero attached hydrogens (tertiary/aromatic N) is 2. The zero-order valence-corrected chi connectivity index (χ0v) is 13.7. The number of rotatable bonds is 3. The van der Waals surface area contributed by atoms with Crippen LogP contribution in [0.25, 0.3) is 0 Å². The second-order valence-corrected chi connectivity index (χ2v) is 7.06. The zero-order chi connectivity index (χ0) is 13.4. The Hall–Kier alpha value is -0.290. The van der Waals surface area contributed by atoms with Crippen molar-refractivity contribution in [3.05, 3.63) is 44.7 Å². The minimum absolute atomic E-state index is 0.520. The third-order valence-electron chi connectivity index (χ3n) is 2.74. The Labute approximate surface area is 134 Å². The van der Waals surface area contributed by atoms with Crippen LogP contribution in [-0.2, 0) is 0 Å². The molecule has 0 atom stereocenters. The van der Waals surface area contributed by atoms with E-state index in [0.29, 0.717) is 16.0 Å². The molecule has 1 heterocycles. The molecule has 0 unspecified atom stereocenters. The quantitative estimate of drug-likeness (QED) is 0.655. The van der Waals surface area contributed by atoms with E-state index in [2.05, 4.69) is 25.9 Å². The molecule has 19 heavy (non-hydrogen) atoms. The molecule has 1 aromatic carbocycles. The number of halogens is 3. The minimum atomic E-state index is 0.520. The summed E-state index contributed by atoms with van der Waals surface area (Å²) in [6.45, 7) is 0. The molecular formula is C13H9BrCl2N2S. The molecule has 1 aromatic heterocycles. The Bertz CT molecular complexity index is 632. The van der Waals surface area contributed by atoms with Gasteiger partial charge in [0.25, 0.3) is 0 Å². The number of hydrogen-bond donors (Lipinski definition) is 0. The summed E-state index contributed by atoms with van der Waals surface area (Å²) in [5.41, 5.74) is 0. The monoisotopic (exact) mass is 374 g/mol. The van der Waals surface area contributed by atoms with Gasteiger partial charge in [-0.1, -0.05) is 35.0 Å². The van der Waals surface area contributed by atoms with E-state index in [1.54, 1.807) is 12.1 Å². The molecule has 0 bridgehead atoms. The van der Waals surface area contributed by atoms with E-state index in [-0.39, 0.29) is 0 Å². The van der Waals surface area contributed by atoms with Crippen molar-refractivity contribution >= 4 is 50.9 Å². The summed E-state index contributed by atoms with van der Waals surface area (Å²) in [4.78, 5) is 9.90. The van der Waals surface area contributed by atoms with Crippen LogP contribution in [0.15, 0.2) is 38.8 Å². The lowest BCUT2D eigenvalue weighted by Crippen LogP contribution is -1.94. The zero-order valence-electron chi connectivity index (χ0n) is 9.74. The van der Waals surface area contributed by atoms with Crippen LogP contribution in [0.3, 0.4) is 0 Å². The average molecular weight is 376 g/mol. The highest BCUT2D eigenvalue weighted by Gasteiger charge is 2.27. The minimum Gasteiger partial charge on any atom is -0.226 e. The first-order valence-electron chi connectivity index (χ1n) is 5.79. The lowest BCUT2D eigenvalue weighted by atomic mass is 10.4. The van der Waals surface area contributed by atoms with Gasteiger partial charge in [0.15, 0.2) is 0 Å². The highest BCUT2D eigenvalue weighted by Crippen LogP contribution is 2.40. The third-order valence-corrected chi connectivity index (χ3v) is 4.80. The van der Waals surface area contributed by atoms with Gasteiger partial charge >= 0.3 is 0 Å². The predicted octanol–water partition coefficient (Wildman–Crippen LogP) is 5.57. The van der Waals surface area contributed by atoms with Gasteiger partial charge in [0.2, 0.25) is 0 Å². The number of hydrogen-bond acceptors (Lipinski definition) is 3. The van der Waals surface area contributed by atoms with E-state index in [0.717, 1.165) is 20.3 Å². The smallest absolute Gasteiger partial charge is 0.134 e. The van der Waals surface area contributed by atoms with Crippen LogP contribution >= 0.6 is 50.9 Å². The van der Waals surface area contributed by atoms with E-state index < -0.39 is 0 Å². The first-order chi connectivity index (χ1) is 9.11. The highest BCUT2D eigenvalue weighted by atomic mass is 79.9. The Morgan fingerprint density at radius 3 is 2.68 bits per heavy atom. The molecule has 0 amide bonds. The lowest BCUT2D eigenvalue weighted by Gasteiger charge is -2.06. The molecule has 2 nitrogen and oxygen atoms in total. The number of benzene rings is 1. The van der Waals surface area contributed by atoms with Gasteiger partial charge in [0.05, 0.1) is 5.02 Å². The van der Waals surface area contributed by atoms with Gasteiger partial charge < -0.3 is 0 Å². The third kappa shape index (κ3) is 3.43. The molecule has 1 fully saturated rings. The second-order valence-electron chi connectivity index (χ2n) is 4.34. The maximum absolute atomic E-state index is 6.17. The maximum atomic E-state index is 6.17. The molecule has 1 saturated carbocycles. The molecular weight excluding hydrogens is 367 g/mol. The van der Waals surface area contributed by atoms with E-state index >= 15 is 0 Å². The van der Waals surface area contributed by atoms with Gasteiger partial charge in [-0.25, -0.2) is 9.97 Å². The molecule has 1 aliphatic carbocycles. The van der Waals surface area contributed by atoms with Gasteiger partial charge in [-0.15, -0.1) is 0 Å². The molecule has 6 heteroatoms. The first-order valence-corrected chi connectivity index (χ1v) is 8.16. The topological polar surface area (TPSA) is 25.8 Å². The molecule has 0 radical (unpaired) electrons. The summed E-state index contributed by atoms with van der Waals surface area (Å²) < 4.78 is 0.810. The van der Waals surface area contributed by atoms with E-state index in [1.165, 1.54) is 24.6 Å². The summed E-state index contributed by atoms with van der Waals surface area (Å²) in [6, 6.07) is 7.32. The normalized spacial score (nSPS) is 14.7. The van der Waals surface area contributed by atoms with Gasteiger partial charge in [-0.05, 0) is 47.0 Å². The second kappa shape index (κ2) is 5.60. The first kappa shape index (κ1) is 13.7. The molecule has 2 aromatic rings. The van der Waals surface area contributed by atoms with Crippen molar-refractivity contribution in [2.75, 3.05) is 0 Å². The van der Waals surface area contributed by atoms with Crippen molar-refractivity contribution in [2.24, 2.45) is 0 Å². The maximum Gasteiger partial charge on any atom is 0.134 e. The summed E-state index contributed by atoms with van der Waals surface area (Å²) in [5.74, 6) is 1.43. The van der Waals surface area contributed by atoms with Crippen molar-refractivity contribution in [2.45, 2.75) is 28.7 Å². The number of aromatic nitrogens is 2. The molecule has 0 saturated heterocycles. The van der Waals surface area contributed by atoms with Gasteiger partial charge in [-0.2, -0.15) is 0 Å². The Kier molecular flexibility index (Phi) is 4.03. The Balaban J connectivity index is 1.92. The molecule has 1 aliphatic rings. The largest absolute Gasteiger partial charge is 0.226 e. The van der Waals surface area contributed by atoms with Crippen molar-refractivity contribution < 1.29 is 0 Å². The molecule has 3 rings (SSSR count). The van der Waals surface area contributed by atoms with Crippen LogP contribution in [0.5, 0.6) is 0 Å². The standard InChI is InChI=1S/C13H9BrCl2N2S/c14-11-6-12(18-13(17-11)7-1-2-7)19-10-5-8(15)3-4-9(10)16/h3-7H,1-2H2. The van der Waals surface area contributed by atoms with Crippen molar-refractivity contribution in [1.29, 1.82) is 0 Å². The Morgan fingerprint density at radius 1 is 1.16 bits per heavy atom. The van der Waals surface area contributed by atoms with Crippen molar-refractivity contribution in [3.8, 4) is 0 Å². The highest BCUT2D eigenvalue weighted by molar-refractivity contribution is 9.10. The van der Waals surface area contributed by atoms with E-state index in [9.17, 15) is 0 Å². The molecule has 0 spiro atoms. The van der Waals surface area contributed by atoms with Crippen LogP contribution < -0.4 is 0 Å².